The van der Waals surface area contributed by atoms with Gasteiger partial charge in [0.15, 0.2) is 5.96 Å². The van der Waals surface area contributed by atoms with E-state index in [9.17, 15) is 4.79 Å². The number of carbonyl (C=O) groups is 1. The van der Waals surface area contributed by atoms with Gasteiger partial charge < -0.3 is 20.3 Å². The van der Waals surface area contributed by atoms with Crippen molar-refractivity contribution in [3.05, 3.63) is 0 Å². The molecule has 2 aliphatic heterocycles. The van der Waals surface area contributed by atoms with Crippen molar-refractivity contribution in [2.24, 2.45) is 10.9 Å². The first-order valence-electron chi connectivity index (χ1n) is 10.0. The molecule has 0 bridgehead atoms. The Kier molecular flexibility index (Phi) is 10.9. The summed E-state index contributed by atoms with van der Waals surface area (Å²) in [4.78, 5) is 20.9. The zero-order valence-corrected chi connectivity index (χ0v) is 19.9. The lowest BCUT2D eigenvalue weighted by Gasteiger charge is -2.38. The molecule has 2 saturated heterocycles. The highest BCUT2D eigenvalue weighted by atomic mass is 127. The first-order chi connectivity index (χ1) is 12.4. The first kappa shape index (κ1) is 24.4. The Morgan fingerprint density at radius 1 is 1.22 bits per heavy atom. The quantitative estimate of drug-likeness (QED) is 0.344. The molecule has 0 aromatic heterocycles. The molecule has 7 nitrogen and oxygen atoms in total. The van der Waals surface area contributed by atoms with Crippen molar-refractivity contribution in [1.82, 2.24) is 20.4 Å². The second-order valence-electron chi connectivity index (χ2n) is 7.86. The summed E-state index contributed by atoms with van der Waals surface area (Å²) in [5, 5.41) is 6.98. The Hall–Kier alpha value is -0.610. The van der Waals surface area contributed by atoms with E-state index in [0.29, 0.717) is 18.1 Å². The van der Waals surface area contributed by atoms with Crippen molar-refractivity contribution in [2.45, 2.75) is 58.7 Å². The third kappa shape index (κ3) is 7.38. The van der Waals surface area contributed by atoms with Crippen molar-refractivity contribution in [3.8, 4) is 0 Å². The Morgan fingerprint density at radius 3 is 2.44 bits per heavy atom. The summed E-state index contributed by atoms with van der Waals surface area (Å²) in [6.07, 6.45) is 1.93. The van der Waals surface area contributed by atoms with Crippen LogP contribution in [0.4, 0.5) is 0 Å². The fourth-order valence-corrected chi connectivity index (χ4v) is 3.75. The SMILES string of the molecule is CN=C(NCC(C)N1CCOCC1C)NC1CCN(C(=O)C(C)C)CC1.I. The van der Waals surface area contributed by atoms with Gasteiger partial charge in [0, 0.05) is 57.3 Å². The van der Waals surface area contributed by atoms with Gasteiger partial charge in [-0.3, -0.25) is 14.7 Å². The molecule has 1 amide bonds. The van der Waals surface area contributed by atoms with Crippen LogP contribution in [-0.4, -0.2) is 86.2 Å². The van der Waals surface area contributed by atoms with Crippen LogP contribution in [-0.2, 0) is 9.53 Å². The van der Waals surface area contributed by atoms with E-state index < -0.39 is 0 Å². The number of aliphatic imine (C=N–C) groups is 1. The van der Waals surface area contributed by atoms with E-state index in [-0.39, 0.29) is 35.8 Å². The van der Waals surface area contributed by atoms with Gasteiger partial charge in [-0.15, -0.1) is 24.0 Å². The predicted molar refractivity (Wildman–Crippen MR) is 121 cm³/mol. The lowest BCUT2D eigenvalue weighted by molar-refractivity contribution is -0.135. The summed E-state index contributed by atoms with van der Waals surface area (Å²) in [6, 6.07) is 1.26. The van der Waals surface area contributed by atoms with E-state index in [1.165, 1.54) is 0 Å². The van der Waals surface area contributed by atoms with Crippen molar-refractivity contribution in [1.29, 1.82) is 0 Å². The average Bonchev–Trinajstić information content (AvgIpc) is 2.65. The minimum atomic E-state index is 0. The number of morpholine rings is 1. The Bertz CT molecular complexity index is 481. The van der Waals surface area contributed by atoms with Crippen LogP contribution in [0.1, 0.15) is 40.5 Å². The van der Waals surface area contributed by atoms with E-state index in [4.69, 9.17) is 4.74 Å². The maximum absolute atomic E-state index is 12.1. The molecule has 2 atom stereocenters. The molecule has 158 valence electrons. The van der Waals surface area contributed by atoms with Crippen LogP contribution in [0, 0.1) is 5.92 Å². The van der Waals surface area contributed by atoms with Crippen molar-refractivity contribution >= 4 is 35.8 Å². The number of guanidine groups is 1. The number of piperidine rings is 1. The number of hydrogen-bond acceptors (Lipinski definition) is 4. The number of likely N-dealkylation sites (tertiary alicyclic amines) is 1. The van der Waals surface area contributed by atoms with E-state index in [0.717, 1.165) is 58.2 Å². The maximum Gasteiger partial charge on any atom is 0.225 e. The van der Waals surface area contributed by atoms with Crippen molar-refractivity contribution in [2.75, 3.05) is 46.4 Å². The van der Waals surface area contributed by atoms with Crippen molar-refractivity contribution < 1.29 is 9.53 Å². The lowest BCUT2D eigenvalue weighted by Crippen LogP contribution is -2.54. The lowest BCUT2D eigenvalue weighted by atomic mass is 10.0. The molecular weight excluding hydrogens is 457 g/mol. The van der Waals surface area contributed by atoms with Gasteiger partial charge in [-0.1, -0.05) is 13.8 Å². The number of halogens is 1. The van der Waals surface area contributed by atoms with Gasteiger partial charge in [-0.25, -0.2) is 0 Å². The molecule has 2 N–H and O–H groups in total. The summed E-state index contributed by atoms with van der Waals surface area (Å²) in [5.74, 6) is 1.20. The second-order valence-corrected chi connectivity index (χ2v) is 7.86. The molecule has 0 spiro atoms. The van der Waals surface area contributed by atoms with Gasteiger partial charge in [0.05, 0.1) is 13.2 Å². The zero-order valence-electron chi connectivity index (χ0n) is 17.5. The Labute approximate surface area is 181 Å². The Balaban J connectivity index is 0.00000364. The number of hydrogen-bond donors (Lipinski definition) is 2. The second kappa shape index (κ2) is 12.1. The Morgan fingerprint density at radius 2 is 1.89 bits per heavy atom. The van der Waals surface area contributed by atoms with Gasteiger partial charge in [0.2, 0.25) is 5.91 Å². The van der Waals surface area contributed by atoms with Gasteiger partial charge in [-0.2, -0.15) is 0 Å². The molecule has 0 aromatic carbocycles. The van der Waals surface area contributed by atoms with Crippen LogP contribution in [0.15, 0.2) is 4.99 Å². The van der Waals surface area contributed by atoms with Crippen LogP contribution >= 0.6 is 24.0 Å². The summed E-state index contributed by atoms with van der Waals surface area (Å²) >= 11 is 0. The average molecular weight is 495 g/mol. The van der Waals surface area contributed by atoms with Gasteiger partial charge in [0.25, 0.3) is 0 Å². The van der Waals surface area contributed by atoms with Crippen LogP contribution in [0.2, 0.25) is 0 Å². The topological polar surface area (TPSA) is 69.2 Å². The van der Waals surface area contributed by atoms with E-state index in [1.807, 2.05) is 25.8 Å². The standard InChI is InChI=1S/C19H37N5O2.HI/c1-14(2)18(25)23-8-6-17(7-9-23)22-19(20-5)21-12-15(3)24-10-11-26-13-16(24)4;/h14-17H,6-13H2,1-5H3,(H2,20,21,22);1H. The molecule has 2 heterocycles. The highest BCUT2D eigenvalue weighted by Crippen LogP contribution is 2.13. The molecule has 2 unspecified atom stereocenters. The number of carbonyl (C=O) groups excluding carboxylic acids is 1. The molecule has 2 fully saturated rings. The number of ether oxygens (including phenoxy) is 1. The highest BCUT2D eigenvalue weighted by molar-refractivity contribution is 14.0. The number of nitrogens with one attached hydrogen (secondary N) is 2. The summed E-state index contributed by atoms with van der Waals surface area (Å²) in [7, 11) is 1.81. The van der Waals surface area contributed by atoms with Gasteiger partial charge in [-0.05, 0) is 26.7 Å². The van der Waals surface area contributed by atoms with E-state index in [2.05, 4.69) is 34.4 Å². The number of nitrogens with zero attached hydrogens (tertiary/aromatic N) is 3. The molecule has 0 radical (unpaired) electrons. The molecular formula is C19H38IN5O2. The third-order valence-electron chi connectivity index (χ3n) is 5.42. The van der Waals surface area contributed by atoms with Crippen LogP contribution in [0.3, 0.4) is 0 Å². The van der Waals surface area contributed by atoms with E-state index >= 15 is 0 Å². The van der Waals surface area contributed by atoms with Gasteiger partial charge in [0.1, 0.15) is 0 Å². The van der Waals surface area contributed by atoms with Crippen LogP contribution in [0.25, 0.3) is 0 Å². The molecule has 8 heteroatoms. The fraction of sp³-hybridized carbons (Fsp3) is 0.895. The third-order valence-corrected chi connectivity index (χ3v) is 5.42. The van der Waals surface area contributed by atoms with Crippen molar-refractivity contribution in [3.63, 3.8) is 0 Å². The monoisotopic (exact) mass is 495 g/mol. The molecule has 0 aromatic rings. The van der Waals surface area contributed by atoms with Crippen LogP contribution in [0.5, 0.6) is 0 Å². The number of amides is 1. The highest BCUT2D eigenvalue weighted by Gasteiger charge is 2.26. The summed E-state index contributed by atoms with van der Waals surface area (Å²) in [5.41, 5.74) is 0. The van der Waals surface area contributed by atoms with Gasteiger partial charge >= 0.3 is 0 Å². The smallest absolute Gasteiger partial charge is 0.225 e. The molecule has 2 rings (SSSR count). The summed E-state index contributed by atoms with van der Waals surface area (Å²) in [6.45, 7) is 13.5. The van der Waals surface area contributed by atoms with Crippen LogP contribution < -0.4 is 10.6 Å². The minimum absolute atomic E-state index is 0. The minimum Gasteiger partial charge on any atom is -0.379 e. The maximum atomic E-state index is 12.1. The molecule has 27 heavy (non-hydrogen) atoms. The number of rotatable bonds is 5. The first-order valence-corrected chi connectivity index (χ1v) is 10.0. The normalized spacial score (nSPS) is 23.7. The fourth-order valence-electron chi connectivity index (χ4n) is 3.75. The largest absolute Gasteiger partial charge is 0.379 e. The molecule has 2 aliphatic rings. The molecule has 0 aliphatic carbocycles. The summed E-state index contributed by atoms with van der Waals surface area (Å²) < 4.78 is 5.52. The molecule has 0 saturated carbocycles. The van der Waals surface area contributed by atoms with E-state index in [1.54, 1.807) is 0 Å². The zero-order chi connectivity index (χ0) is 19.1. The predicted octanol–water partition coefficient (Wildman–Crippen LogP) is 1.53.